The highest BCUT2D eigenvalue weighted by Crippen LogP contribution is 2.33. The molecular formula is C25H27N3O4. The van der Waals surface area contributed by atoms with Crippen LogP contribution in [0.5, 0.6) is 5.75 Å². The van der Waals surface area contributed by atoms with Crippen LogP contribution in [0, 0.1) is 6.92 Å². The quantitative estimate of drug-likeness (QED) is 0.462. The molecule has 0 radical (unpaired) electrons. The molecule has 0 aliphatic carbocycles. The van der Waals surface area contributed by atoms with Crippen LogP contribution in [-0.4, -0.2) is 52.5 Å². The molecular weight excluding hydrogens is 406 g/mol. The number of piperidine rings is 1. The van der Waals surface area contributed by atoms with Gasteiger partial charge >= 0.3 is 0 Å². The number of aliphatic hydroxyl groups excluding tert-OH is 1. The van der Waals surface area contributed by atoms with Crippen molar-refractivity contribution in [1.82, 2.24) is 15.1 Å². The lowest BCUT2D eigenvalue weighted by molar-refractivity contribution is 0.0599. The fourth-order valence-electron chi connectivity index (χ4n) is 4.37. The number of hydrogen-bond acceptors (Lipinski definition) is 7. The van der Waals surface area contributed by atoms with Crippen LogP contribution in [0.4, 0.5) is 0 Å². The molecule has 1 aliphatic heterocycles. The van der Waals surface area contributed by atoms with E-state index in [9.17, 15) is 5.11 Å². The monoisotopic (exact) mass is 433 g/mol. The Balaban J connectivity index is 1.17. The number of rotatable bonds is 7. The van der Waals surface area contributed by atoms with E-state index in [2.05, 4.69) is 45.4 Å². The molecule has 1 N–H and O–H groups in total. The second-order valence-electron chi connectivity index (χ2n) is 8.36. The Hall–Kier alpha value is -3.16. The predicted octanol–water partition coefficient (Wildman–Crippen LogP) is 4.41. The van der Waals surface area contributed by atoms with Crippen LogP contribution in [0.2, 0.25) is 0 Å². The number of β-amino-alcohol motifs (C(OH)–C–C–N with tert-alkyl or cyclic N) is 1. The summed E-state index contributed by atoms with van der Waals surface area (Å²) >= 11 is 0. The molecule has 1 saturated heterocycles. The molecule has 1 atom stereocenters. The van der Waals surface area contributed by atoms with Crippen molar-refractivity contribution in [3.05, 3.63) is 66.1 Å². The lowest BCUT2D eigenvalue weighted by atomic mass is 9.89. The summed E-state index contributed by atoms with van der Waals surface area (Å²) in [6, 6.07) is 18.1. The van der Waals surface area contributed by atoms with Crippen LogP contribution in [0.3, 0.4) is 0 Å². The number of aryl methyl sites for hydroxylation is 1. The van der Waals surface area contributed by atoms with E-state index in [0.717, 1.165) is 31.3 Å². The standard InChI is InChI=1S/C25H27N3O4/c1-17-26-27-25(31-17)24-14-21-22(8-5-9-23(21)32-24)30-16-20(29)15-28-12-10-19(11-13-28)18-6-3-2-4-7-18/h2-9,14,19-20,29H,10-13,15-16H2,1H3. The summed E-state index contributed by atoms with van der Waals surface area (Å²) in [5, 5.41) is 19.2. The van der Waals surface area contributed by atoms with Gasteiger partial charge in [0.25, 0.3) is 5.89 Å². The van der Waals surface area contributed by atoms with E-state index in [1.807, 2.05) is 24.3 Å². The number of aromatic nitrogens is 2. The Bertz CT molecular complexity index is 1160. The zero-order valence-corrected chi connectivity index (χ0v) is 18.1. The summed E-state index contributed by atoms with van der Waals surface area (Å²) in [7, 11) is 0. The van der Waals surface area contributed by atoms with Crippen molar-refractivity contribution in [2.75, 3.05) is 26.2 Å². The molecule has 2 aromatic carbocycles. The van der Waals surface area contributed by atoms with E-state index in [-0.39, 0.29) is 6.61 Å². The molecule has 0 saturated carbocycles. The van der Waals surface area contributed by atoms with Crippen molar-refractivity contribution in [1.29, 1.82) is 0 Å². The normalized spacial score (nSPS) is 16.4. The molecule has 0 amide bonds. The van der Waals surface area contributed by atoms with Crippen LogP contribution in [0.25, 0.3) is 22.6 Å². The molecule has 1 fully saturated rings. The number of aliphatic hydroxyl groups is 1. The molecule has 0 spiro atoms. The van der Waals surface area contributed by atoms with E-state index < -0.39 is 6.10 Å². The summed E-state index contributed by atoms with van der Waals surface area (Å²) < 4.78 is 17.3. The van der Waals surface area contributed by atoms with Crippen LogP contribution in [0.1, 0.15) is 30.2 Å². The Labute approximate surface area is 186 Å². The van der Waals surface area contributed by atoms with Gasteiger partial charge in [-0.3, -0.25) is 0 Å². The Morgan fingerprint density at radius 2 is 1.88 bits per heavy atom. The van der Waals surface area contributed by atoms with Crippen molar-refractivity contribution < 1.29 is 18.7 Å². The summed E-state index contributed by atoms with van der Waals surface area (Å²) in [6.07, 6.45) is 1.66. The predicted molar refractivity (Wildman–Crippen MR) is 121 cm³/mol. The van der Waals surface area contributed by atoms with Crippen molar-refractivity contribution in [2.24, 2.45) is 0 Å². The lowest BCUT2D eigenvalue weighted by Gasteiger charge is -2.33. The minimum absolute atomic E-state index is 0.220. The second kappa shape index (κ2) is 9.14. The first-order valence-corrected chi connectivity index (χ1v) is 11.1. The van der Waals surface area contributed by atoms with Gasteiger partial charge in [0.15, 0.2) is 5.76 Å². The van der Waals surface area contributed by atoms with Gasteiger partial charge in [0.05, 0.1) is 5.39 Å². The second-order valence-corrected chi connectivity index (χ2v) is 8.36. The average molecular weight is 434 g/mol. The maximum Gasteiger partial charge on any atom is 0.283 e. The average Bonchev–Trinajstić information content (AvgIpc) is 3.45. The first-order valence-electron chi connectivity index (χ1n) is 11.1. The van der Waals surface area contributed by atoms with Crippen LogP contribution in [-0.2, 0) is 0 Å². The third-order valence-electron chi connectivity index (χ3n) is 6.02. The highest BCUT2D eigenvalue weighted by molar-refractivity contribution is 5.87. The highest BCUT2D eigenvalue weighted by atomic mass is 16.5. The smallest absolute Gasteiger partial charge is 0.283 e. The molecule has 32 heavy (non-hydrogen) atoms. The van der Waals surface area contributed by atoms with Gasteiger partial charge in [-0.25, -0.2) is 0 Å². The van der Waals surface area contributed by atoms with E-state index >= 15 is 0 Å². The van der Waals surface area contributed by atoms with E-state index in [1.54, 1.807) is 6.92 Å². The molecule has 1 unspecified atom stereocenters. The molecule has 7 heteroatoms. The highest BCUT2D eigenvalue weighted by Gasteiger charge is 2.22. The van der Waals surface area contributed by atoms with Crippen molar-refractivity contribution >= 4 is 11.0 Å². The SMILES string of the molecule is Cc1nnc(-c2cc3c(OCC(O)CN4CCC(c5ccccc5)CC4)cccc3o2)o1. The van der Waals surface area contributed by atoms with E-state index in [1.165, 1.54) is 5.56 Å². The van der Waals surface area contributed by atoms with Gasteiger partial charge in [-0.05, 0) is 49.5 Å². The van der Waals surface area contributed by atoms with Gasteiger partial charge in [-0.2, -0.15) is 0 Å². The summed E-state index contributed by atoms with van der Waals surface area (Å²) in [5.74, 6) is 2.59. The number of hydrogen-bond donors (Lipinski definition) is 1. The summed E-state index contributed by atoms with van der Waals surface area (Å²) in [5.41, 5.74) is 2.09. The Morgan fingerprint density at radius 1 is 1.06 bits per heavy atom. The van der Waals surface area contributed by atoms with Crippen molar-refractivity contribution in [2.45, 2.75) is 31.8 Å². The van der Waals surface area contributed by atoms with Crippen molar-refractivity contribution in [3.63, 3.8) is 0 Å². The number of ether oxygens (including phenoxy) is 1. The topological polar surface area (TPSA) is 84.8 Å². The third-order valence-corrected chi connectivity index (χ3v) is 6.02. The number of furan rings is 1. The largest absolute Gasteiger partial charge is 0.490 e. The third kappa shape index (κ3) is 4.54. The maximum absolute atomic E-state index is 10.6. The molecule has 166 valence electrons. The molecule has 4 aromatic rings. The molecule has 5 rings (SSSR count). The van der Waals surface area contributed by atoms with Gasteiger partial charge in [0.2, 0.25) is 5.89 Å². The van der Waals surface area contributed by atoms with E-state index in [4.69, 9.17) is 13.6 Å². The maximum atomic E-state index is 10.6. The van der Waals surface area contributed by atoms with Gasteiger partial charge in [0, 0.05) is 19.5 Å². The number of nitrogens with zero attached hydrogens (tertiary/aromatic N) is 3. The van der Waals surface area contributed by atoms with Gasteiger partial charge in [0.1, 0.15) is 24.0 Å². The summed E-state index contributed by atoms with van der Waals surface area (Å²) in [4.78, 5) is 2.32. The minimum atomic E-state index is -0.566. The molecule has 3 heterocycles. The van der Waals surface area contributed by atoms with Gasteiger partial charge < -0.3 is 23.6 Å². The summed E-state index contributed by atoms with van der Waals surface area (Å²) in [6.45, 7) is 4.54. The Kier molecular flexibility index (Phi) is 5.92. The number of fused-ring (bicyclic) bond motifs is 1. The minimum Gasteiger partial charge on any atom is -0.490 e. The van der Waals surface area contributed by atoms with E-state index in [0.29, 0.717) is 41.3 Å². The van der Waals surface area contributed by atoms with Crippen LogP contribution in [0.15, 0.2) is 63.4 Å². The fourth-order valence-corrected chi connectivity index (χ4v) is 4.37. The van der Waals surface area contributed by atoms with Crippen LogP contribution < -0.4 is 4.74 Å². The molecule has 7 nitrogen and oxygen atoms in total. The fraction of sp³-hybridized carbons (Fsp3) is 0.360. The molecule has 1 aliphatic rings. The van der Waals surface area contributed by atoms with Gasteiger partial charge in [-0.15, -0.1) is 10.2 Å². The zero-order valence-electron chi connectivity index (χ0n) is 18.1. The Morgan fingerprint density at radius 3 is 2.62 bits per heavy atom. The van der Waals surface area contributed by atoms with Crippen molar-refractivity contribution in [3.8, 4) is 17.4 Å². The van der Waals surface area contributed by atoms with Gasteiger partial charge in [-0.1, -0.05) is 36.4 Å². The zero-order chi connectivity index (χ0) is 21.9. The molecule has 2 aromatic heterocycles. The first-order chi connectivity index (χ1) is 15.7. The molecule has 0 bridgehead atoms. The first kappa shape index (κ1) is 20.7. The number of benzene rings is 2. The number of likely N-dealkylation sites (tertiary alicyclic amines) is 1. The lowest BCUT2D eigenvalue weighted by Crippen LogP contribution is -2.40. The van der Waals surface area contributed by atoms with Crippen LogP contribution >= 0.6 is 0 Å².